The highest BCUT2D eigenvalue weighted by atomic mass is 16.6. The number of hydrogen-bond donors (Lipinski definition) is 1. The lowest BCUT2D eigenvalue weighted by Crippen LogP contribution is -2.30. The van der Waals surface area contributed by atoms with Crippen LogP contribution in [0.2, 0.25) is 0 Å². The lowest BCUT2D eigenvalue weighted by atomic mass is 10.2. The average molecular weight is 358 g/mol. The van der Waals surface area contributed by atoms with Crippen LogP contribution in [0.4, 0.5) is 11.4 Å². The van der Waals surface area contributed by atoms with Crippen LogP contribution in [-0.2, 0) is 4.79 Å². The summed E-state index contributed by atoms with van der Waals surface area (Å²) in [6, 6.07) is 13.0. The monoisotopic (exact) mass is 358 g/mol. The fourth-order valence-electron chi connectivity index (χ4n) is 2.16. The highest BCUT2D eigenvalue weighted by Gasteiger charge is 2.20. The SMILES string of the molecule is CCCCOc1ccc(NC(=O)[C@@H](C)Oc2ccccc2[N+](=O)[O-])cc1. The van der Waals surface area contributed by atoms with E-state index in [0.717, 1.165) is 18.6 Å². The van der Waals surface area contributed by atoms with Crippen LogP contribution in [0.5, 0.6) is 11.5 Å². The van der Waals surface area contributed by atoms with Gasteiger partial charge in [0.2, 0.25) is 0 Å². The molecule has 7 nitrogen and oxygen atoms in total. The van der Waals surface area contributed by atoms with Gasteiger partial charge in [0.1, 0.15) is 5.75 Å². The minimum atomic E-state index is -0.892. The summed E-state index contributed by atoms with van der Waals surface area (Å²) in [5.74, 6) is 0.392. The zero-order chi connectivity index (χ0) is 18.9. The Kier molecular flexibility index (Phi) is 6.96. The number of para-hydroxylation sites is 2. The van der Waals surface area contributed by atoms with Gasteiger partial charge >= 0.3 is 5.69 Å². The van der Waals surface area contributed by atoms with Crippen LogP contribution in [0.25, 0.3) is 0 Å². The lowest BCUT2D eigenvalue weighted by Gasteiger charge is -2.15. The molecule has 0 aliphatic rings. The van der Waals surface area contributed by atoms with Gasteiger partial charge in [0.25, 0.3) is 5.91 Å². The number of unbranched alkanes of at least 4 members (excludes halogenated alkanes) is 1. The molecule has 1 N–H and O–H groups in total. The number of nitrogens with zero attached hydrogens (tertiary/aromatic N) is 1. The van der Waals surface area contributed by atoms with Crippen LogP contribution in [0, 0.1) is 10.1 Å². The predicted molar refractivity (Wildman–Crippen MR) is 98.7 cm³/mol. The van der Waals surface area contributed by atoms with E-state index in [2.05, 4.69) is 12.2 Å². The molecular weight excluding hydrogens is 336 g/mol. The molecule has 1 amide bonds. The second-order valence-corrected chi connectivity index (χ2v) is 5.70. The van der Waals surface area contributed by atoms with Crippen molar-refractivity contribution in [2.75, 3.05) is 11.9 Å². The second kappa shape index (κ2) is 9.41. The third kappa shape index (κ3) is 5.47. The number of benzene rings is 2. The molecule has 0 spiro atoms. The predicted octanol–water partition coefficient (Wildman–Crippen LogP) is 4.18. The molecule has 0 heterocycles. The number of nitro groups is 1. The number of nitro benzene ring substituents is 1. The Hall–Kier alpha value is -3.09. The first-order valence-electron chi connectivity index (χ1n) is 8.45. The maximum atomic E-state index is 12.3. The van der Waals surface area contributed by atoms with E-state index in [9.17, 15) is 14.9 Å². The number of carbonyl (C=O) groups excluding carboxylic acids is 1. The van der Waals surface area contributed by atoms with Crippen molar-refractivity contribution in [1.29, 1.82) is 0 Å². The molecule has 0 aromatic heterocycles. The van der Waals surface area contributed by atoms with Crippen LogP contribution in [0.3, 0.4) is 0 Å². The third-order valence-electron chi connectivity index (χ3n) is 3.62. The smallest absolute Gasteiger partial charge is 0.310 e. The van der Waals surface area contributed by atoms with Gasteiger partial charge in [-0.2, -0.15) is 0 Å². The van der Waals surface area contributed by atoms with E-state index >= 15 is 0 Å². The molecule has 7 heteroatoms. The molecule has 0 saturated heterocycles. The van der Waals surface area contributed by atoms with Gasteiger partial charge in [-0.1, -0.05) is 25.5 Å². The summed E-state index contributed by atoms with van der Waals surface area (Å²) in [6.07, 6.45) is 1.15. The molecule has 0 unspecified atom stereocenters. The van der Waals surface area contributed by atoms with Gasteiger partial charge in [-0.3, -0.25) is 14.9 Å². The van der Waals surface area contributed by atoms with Crippen LogP contribution in [-0.4, -0.2) is 23.5 Å². The zero-order valence-corrected chi connectivity index (χ0v) is 14.8. The molecule has 0 radical (unpaired) electrons. The van der Waals surface area contributed by atoms with Crippen molar-refractivity contribution in [3.63, 3.8) is 0 Å². The summed E-state index contributed by atoms with van der Waals surface area (Å²) in [5.41, 5.74) is 0.414. The van der Waals surface area contributed by atoms with Crippen molar-refractivity contribution in [2.45, 2.75) is 32.8 Å². The van der Waals surface area contributed by atoms with Crippen molar-refractivity contribution in [2.24, 2.45) is 0 Å². The first kappa shape index (κ1) is 19.2. The number of nitrogens with one attached hydrogen (secondary N) is 1. The van der Waals surface area contributed by atoms with Gasteiger partial charge in [-0.25, -0.2) is 0 Å². The standard InChI is InChI=1S/C19H22N2O5/c1-3-4-13-25-16-11-9-15(10-12-16)20-19(22)14(2)26-18-8-6-5-7-17(18)21(23)24/h5-12,14H,3-4,13H2,1-2H3,(H,20,22)/t14-/m1/s1. The lowest BCUT2D eigenvalue weighted by molar-refractivity contribution is -0.386. The number of anilines is 1. The molecule has 2 aromatic rings. The fraction of sp³-hybridized carbons (Fsp3) is 0.316. The molecule has 26 heavy (non-hydrogen) atoms. The minimum absolute atomic E-state index is 0.0554. The van der Waals surface area contributed by atoms with Crippen LogP contribution in [0.1, 0.15) is 26.7 Å². The summed E-state index contributed by atoms with van der Waals surface area (Å²) in [4.78, 5) is 22.7. The van der Waals surface area contributed by atoms with Gasteiger partial charge in [0, 0.05) is 11.8 Å². The van der Waals surface area contributed by atoms with E-state index in [4.69, 9.17) is 9.47 Å². The molecule has 138 valence electrons. The molecule has 0 aliphatic heterocycles. The fourth-order valence-corrected chi connectivity index (χ4v) is 2.16. The Morgan fingerprint density at radius 3 is 2.54 bits per heavy atom. The number of rotatable bonds is 9. The second-order valence-electron chi connectivity index (χ2n) is 5.70. The molecule has 0 saturated carbocycles. The van der Waals surface area contributed by atoms with Crippen molar-refractivity contribution < 1.29 is 19.2 Å². The van der Waals surface area contributed by atoms with Gasteiger partial charge in [0.15, 0.2) is 11.9 Å². The molecule has 2 aromatic carbocycles. The minimum Gasteiger partial charge on any atom is -0.494 e. The first-order chi connectivity index (χ1) is 12.5. The number of amides is 1. The van der Waals surface area contributed by atoms with E-state index in [-0.39, 0.29) is 11.4 Å². The van der Waals surface area contributed by atoms with E-state index in [1.807, 2.05) is 0 Å². The Labute approximate surface area is 152 Å². The highest BCUT2D eigenvalue weighted by Crippen LogP contribution is 2.27. The summed E-state index contributed by atoms with van der Waals surface area (Å²) in [5, 5.41) is 13.7. The van der Waals surface area contributed by atoms with Crippen molar-refractivity contribution in [3.8, 4) is 11.5 Å². The van der Waals surface area contributed by atoms with E-state index in [0.29, 0.717) is 12.3 Å². The average Bonchev–Trinajstić information content (AvgIpc) is 2.63. The van der Waals surface area contributed by atoms with Crippen molar-refractivity contribution in [3.05, 3.63) is 58.6 Å². The Morgan fingerprint density at radius 2 is 1.88 bits per heavy atom. The number of hydrogen-bond acceptors (Lipinski definition) is 5. The maximum Gasteiger partial charge on any atom is 0.310 e. The number of carbonyl (C=O) groups is 1. The van der Waals surface area contributed by atoms with E-state index < -0.39 is 16.9 Å². The summed E-state index contributed by atoms with van der Waals surface area (Å²) in [6.45, 7) is 4.28. The largest absolute Gasteiger partial charge is 0.494 e. The Bertz CT molecular complexity index is 746. The molecule has 0 aliphatic carbocycles. The maximum absolute atomic E-state index is 12.3. The quantitative estimate of drug-likeness (QED) is 0.412. The van der Waals surface area contributed by atoms with E-state index in [1.54, 1.807) is 36.4 Å². The molecule has 0 bridgehead atoms. The highest BCUT2D eigenvalue weighted by molar-refractivity contribution is 5.94. The van der Waals surface area contributed by atoms with Crippen molar-refractivity contribution in [1.82, 2.24) is 0 Å². The molecule has 0 fully saturated rings. The Morgan fingerprint density at radius 1 is 1.19 bits per heavy atom. The first-order valence-corrected chi connectivity index (χ1v) is 8.45. The van der Waals surface area contributed by atoms with Crippen LogP contribution >= 0.6 is 0 Å². The van der Waals surface area contributed by atoms with Crippen LogP contribution in [0.15, 0.2) is 48.5 Å². The third-order valence-corrected chi connectivity index (χ3v) is 3.62. The number of ether oxygens (including phenoxy) is 2. The van der Waals surface area contributed by atoms with Gasteiger partial charge in [0.05, 0.1) is 11.5 Å². The summed E-state index contributed by atoms with van der Waals surface area (Å²) in [7, 11) is 0. The Balaban J connectivity index is 1.94. The molecule has 1 atom stereocenters. The van der Waals surface area contributed by atoms with E-state index in [1.165, 1.54) is 19.1 Å². The van der Waals surface area contributed by atoms with Crippen molar-refractivity contribution >= 4 is 17.3 Å². The van der Waals surface area contributed by atoms with Gasteiger partial charge in [-0.05, 0) is 43.7 Å². The topological polar surface area (TPSA) is 90.7 Å². The normalized spacial score (nSPS) is 11.5. The molecule has 2 rings (SSSR count). The molecular formula is C19H22N2O5. The summed E-state index contributed by atoms with van der Waals surface area (Å²) < 4.78 is 11.0. The zero-order valence-electron chi connectivity index (χ0n) is 14.8. The van der Waals surface area contributed by atoms with Gasteiger partial charge < -0.3 is 14.8 Å². The van der Waals surface area contributed by atoms with Gasteiger partial charge in [-0.15, -0.1) is 0 Å². The summed E-state index contributed by atoms with van der Waals surface area (Å²) >= 11 is 0. The van der Waals surface area contributed by atoms with Crippen LogP contribution < -0.4 is 14.8 Å².